The maximum atomic E-state index is 12.4. The van der Waals surface area contributed by atoms with E-state index in [1.165, 1.54) is 11.3 Å². The zero-order valence-corrected chi connectivity index (χ0v) is 15.8. The zero-order chi connectivity index (χ0) is 18.6. The number of hydrogen-bond acceptors (Lipinski definition) is 6. The van der Waals surface area contributed by atoms with Crippen molar-refractivity contribution in [3.8, 4) is 16.3 Å². The fourth-order valence-corrected chi connectivity index (χ4v) is 3.07. The van der Waals surface area contributed by atoms with Crippen molar-refractivity contribution in [1.29, 1.82) is 0 Å². The number of hydrogen-bond donors (Lipinski definition) is 1. The quantitative estimate of drug-likeness (QED) is 0.799. The summed E-state index contributed by atoms with van der Waals surface area (Å²) in [6.45, 7) is 7.00. The lowest BCUT2D eigenvalue weighted by atomic mass is 10.2. The van der Waals surface area contributed by atoms with Crippen LogP contribution < -0.4 is 10.1 Å². The van der Waals surface area contributed by atoms with Crippen LogP contribution in [0.3, 0.4) is 0 Å². The van der Waals surface area contributed by atoms with Crippen molar-refractivity contribution in [1.82, 2.24) is 10.3 Å². The lowest BCUT2D eigenvalue weighted by molar-refractivity contribution is -0.129. The molecule has 2 rings (SSSR count). The topological polar surface area (TPSA) is 77.5 Å². The summed E-state index contributed by atoms with van der Waals surface area (Å²) in [5, 5.41) is 3.43. The van der Waals surface area contributed by atoms with Gasteiger partial charge in [0.25, 0.3) is 5.91 Å². The van der Waals surface area contributed by atoms with Gasteiger partial charge in [-0.05, 0) is 52.0 Å². The molecule has 2 aromatic rings. The van der Waals surface area contributed by atoms with Crippen molar-refractivity contribution >= 4 is 23.2 Å². The summed E-state index contributed by atoms with van der Waals surface area (Å²) < 4.78 is 10.4. The number of methoxy groups -OCH3 is 1. The summed E-state index contributed by atoms with van der Waals surface area (Å²) in [7, 11) is 1.60. The first kappa shape index (κ1) is 18.9. The molecule has 7 heteroatoms. The number of rotatable bonds is 6. The Hall–Kier alpha value is -2.41. The van der Waals surface area contributed by atoms with Gasteiger partial charge in [0.05, 0.1) is 12.8 Å². The SMILES string of the molecule is COc1ccc(-c2nc(C)c(C(=O)O[C@@H](C)C(=O)NC(C)C)s2)cc1. The second-order valence-electron chi connectivity index (χ2n) is 5.87. The van der Waals surface area contributed by atoms with Gasteiger partial charge in [0.1, 0.15) is 15.6 Å². The van der Waals surface area contributed by atoms with Crippen molar-refractivity contribution < 1.29 is 19.1 Å². The lowest BCUT2D eigenvalue weighted by Crippen LogP contribution is -2.39. The fraction of sp³-hybridized carbons (Fsp3) is 0.389. The van der Waals surface area contributed by atoms with Gasteiger partial charge in [-0.25, -0.2) is 9.78 Å². The van der Waals surface area contributed by atoms with Crippen LogP contribution in [0.1, 0.15) is 36.1 Å². The van der Waals surface area contributed by atoms with Crippen molar-refractivity contribution in [2.24, 2.45) is 0 Å². The summed E-state index contributed by atoms with van der Waals surface area (Å²) in [6, 6.07) is 7.42. The summed E-state index contributed by atoms with van der Waals surface area (Å²) in [4.78, 5) is 29.1. The summed E-state index contributed by atoms with van der Waals surface area (Å²) in [6.07, 6.45) is -0.860. The Morgan fingerprint density at radius 1 is 1.16 bits per heavy atom. The number of aromatic nitrogens is 1. The first-order valence-corrected chi connectivity index (χ1v) is 8.76. The number of ether oxygens (including phenoxy) is 2. The molecule has 1 heterocycles. The molecule has 25 heavy (non-hydrogen) atoms. The van der Waals surface area contributed by atoms with E-state index in [2.05, 4.69) is 10.3 Å². The van der Waals surface area contributed by atoms with Crippen LogP contribution in [0, 0.1) is 6.92 Å². The molecule has 0 aliphatic rings. The minimum atomic E-state index is -0.860. The Kier molecular flexibility index (Phi) is 6.14. The first-order valence-electron chi connectivity index (χ1n) is 7.95. The van der Waals surface area contributed by atoms with Gasteiger partial charge in [0.15, 0.2) is 6.10 Å². The van der Waals surface area contributed by atoms with Gasteiger partial charge in [-0.15, -0.1) is 11.3 Å². The number of thiazole rings is 1. The predicted molar refractivity (Wildman–Crippen MR) is 97.0 cm³/mol. The molecular formula is C18H22N2O4S. The number of carbonyl (C=O) groups is 2. The van der Waals surface area contributed by atoms with E-state index in [0.29, 0.717) is 15.6 Å². The average Bonchev–Trinajstić information content (AvgIpc) is 2.96. The maximum Gasteiger partial charge on any atom is 0.351 e. The molecule has 0 bridgehead atoms. The highest BCUT2D eigenvalue weighted by atomic mass is 32.1. The average molecular weight is 362 g/mol. The lowest BCUT2D eigenvalue weighted by Gasteiger charge is -2.14. The molecule has 0 fully saturated rings. The highest BCUT2D eigenvalue weighted by molar-refractivity contribution is 7.17. The third kappa shape index (κ3) is 4.79. The molecule has 0 radical (unpaired) electrons. The van der Waals surface area contributed by atoms with Gasteiger partial charge >= 0.3 is 5.97 Å². The second kappa shape index (κ2) is 8.11. The monoisotopic (exact) mass is 362 g/mol. The fourth-order valence-electron chi connectivity index (χ4n) is 2.11. The van der Waals surface area contributed by atoms with E-state index in [9.17, 15) is 9.59 Å². The minimum Gasteiger partial charge on any atom is -0.497 e. The summed E-state index contributed by atoms with van der Waals surface area (Å²) in [5.74, 6) is -0.108. The number of esters is 1. The van der Waals surface area contributed by atoms with E-state index >= 15 is 0 Å². The second-order valence-corrected chi connectivity index (χ2v) is 6.87. The molecular weight excluding hydrogens is 340 g/mol. The van der Waals surface area contributed by atoms with Crippen LogP contribution in [0.5, 0.6) is 5.75 Å². The van der Waals surface area contributed by atoms with Crippen LogP contribution >= 0.6 is 11.3 Å². The van der Waals surface area contributed by atoms with Gasteiger partial charge in [-0.1, -0.05) is 0 Å². The van der Waals surface area contributed by atoms with Crippen LogP contribution in [0.4, 0.5) is 0 Å². The molecule has 0 aliphatic carbocycles. The largest absolute Gasteiger partial charge is 0.497 e. The van der Waals surface area contributed by atoms with Crippen molar-refractivity contribution in [3.63, 3.8) is 0 Å². The molecule has 1 N–H and O–H groups in total. The van der Waals surface area contributed by atoms with Crippen molar-refractivity contribution in [2.45, 2.75) is 39.8 Å². The molecule has 0 spiro atoms. The summed E-state index contributed by atoms with van der Waals surface area (Å²) >= 11 is 1.24. The normalized spacial score (nSPS) is 11.9. The molecule has 6 nitrogen and oxygen atoms in total. The van der Waals surface area contributed by atoms with E-state index in [1.54, 1.807) is 21.0 Å². The Labute approximate surface area is 151 Å². The number of benzene rings is 1. The molecule has 0 aliphatic heterocycles. The van der Waals surface area contributed by atoms with E-state index in [-0.39, 0.29) is 11.9 Å². The van der Waals surface area contributed by atoms with Crippen molar-refractivity contribution in [2.75, 3.05) is 7.11 Å². The minimum absolute atomic E-state index is 0.0135. The molecule has 1 atom stereocenters. The summed E-state index contributed by atoms with van der Waals surface area (Å²) in [5.41, 5.74) is 1.47. The first-order chi connectivity index (χ1) is 11.8. The highest BCUT2D eigenvalue weighted by Gasteiger charge is 2.23. The number of nitrogens with one attached hydrogen (secondary N) is 1. The zero-order valence-electron chi connectivity index (χ0n) is 15.0. The molecule has 1 aromatic heterocycles. The molecule has 0 saturated heterocycles. The smallest absolute Gasteiger partial charge is 0.351 e. The van der Waals surface area contributed by atoms with Crippen LogP contribution in [-0.2, 0) is 9.53 Å². The molecule has 0 saturated carbocycles. The van der Waals surface area contributed by atoms with Gasteiger partial charge in [0.2, 0.25) is 0 Å². The predicted octanol–water partition coefficient (Wildman–Crippen LogP) is 3.20. The molecule has 0 unspecified atom stereocenters. The van der Waals surface area contributed by atoms with E-state index in [4.69, 9.17) is 9.47 Å². The highest BCUT2D eigenvalue weighted by Crippen LogP contribution is 2.29. The van der Waals surface area contributed by atoms with Crippen LogP contribution in [-0.4, -0.2) is 36.1 Å². The molecule has 1 aromatic carbocycles. The van der Waals surface area contributed by atoms with Gasteiger partial charge < -0.3 is 14.8 Å². The number of amides is 1. The maximum absolute atomic E-state index is 12.4. The molecule has 134 valence electrons. The Balaban J connectivity index is 2.13. The van der Waals surface area contributed by atoms with Crippen LogP contribution in [0.2, 0.25) is 0 Å². The number of aryl methyl sites for hydroxylation is 1. The molecule has 1 amide bonds. The third-order valence-electron chi connectivity index (χ3n) is 3.40. The standard InChI is InChI=1S/C18H22N2O4S/c1-10(2)19-16(21)12(4)24-18(22)15-11(3)20-17(25-15)13-6-8-14(23-5)9-7-13/h6-10,12H,1-5H3,(H,19,21)/t12-/m0/s1. The Bertz CT molecular complexity index is 753. The van der Waals surface area contributed by atoms with E-state index in [1.807, 2.05) is 38.1 Å². The van der Waals surface area contributed by atoms with Crippen LogP contribution in [0.15, 0.2) is 24.3 Å². The third-order valence-corrected chi connectivity index (χ3v) is 4.59. The van der Waals surface area contributed by atoms with Gasteiger partial charge in [-0.3, -0.25) is 4.79 Å². The van der Waals surface area contributed by atoms with Gasteiger partial charge in [-0.2, -0.15) is 0 Å². The van der Waals surface area contributed by atoms with Crippen molar-refractivity contribution in [3.05, 3.63) is 34.8 Å². The van der Waals surface area contributed by atoms with E-state index < -0.39 is 12.1 Å². The Morgan fingerprint density at radius 2 is 1.80 bits per heavy atom. The van der Waals surface area contributed by atoms with Crippen LogP contribution in [0.25, 0.3) is 10.6 Å². The van der Waals surface area contributed by atoms with Gasteiger partial charge in [0, 0.05) is 11.6 Å². The number of nitrogens with zero attached hydrogens (tertiary/aromatic N) is 1. The number of carbonyl (C=O) groups excluding carboxylic acids is 2. The van der Waals surface area contributed by atoms with E-state index in [0.717, 1.165) is 11.3 Å². The Morgan fingerprint density at radius 3 is 2.36 bits per heavy atom.